The fourth-order valence-electron chi connectivity index (χ4n) is 4.91. The molecule has 41 heavy (non-hydrogen) atoms. The zero-order valence-corrected chi connectivity index (χ0v) is 26.4. The molecule has 0 N–H and O–H groups in total. The van der Waals surface area contributed by atoms with Gasteiger partial charge < -0.3 is 18.9 Å². The van der Waals surface area contributed by atoms with Crippen LogP contribution in [-0.4, -0.2) is 55.1 Å². The maximum absolute atomic E-state index is 13.1. The third-order valence-corrected chi connectivity index (χ3v) is 7.01. The molecule has 2 atom stereocenters. The average molecular weight is 585 g/mol. The smallest absolute Gasteiger partial charge is 0.352 e. The molecule has 2 unspecified atom stereocenters. The molecule has 0 rings (SSSR count). The third-order valence-electron chi connectivity index (χ3n) is 7.01. The zero-order valence-electron chi connectivity index (χ0n) is 26.4. The first kappa shape index (κ1) is 38.5. The van der Waals surface area contributed by atoms with Crippen molar-refractivity contribution in [2.45, 2.75) is 149 Å². The van der Waals surface area contributed by atoms with E-state index in [9.17, 15) is 24.0 Å². The van der Waals surface area contributed by atoms with E-state index < -0.39 is 47.6 Å². The van der Waals surface area contributed by atoms with Crippen LogP contribution >= 0.6 is 0 Å². The fraction of sp³-hybridized carbons (Fsp3) is 0.844. The second-order valence-electron chi connectivity index (χ2n) is 10.6. The van der Waals surface area contributed by atoms with Crippen LogP contribution in [0.1, 0.15) is 144 Å². The number of carbonyl (C=O) groups excluding carboxylic acids is 5. The van der Waals surface area contributed by atoms with Crippen molar-refractivity contribution in [3.8, 4) is 0 Å². The molecule has 0 spiro atoms. The fourth-order valence-corrected chi connectivity index (χ4v) is 4.91. The highest BCUT2D eigenvalue weighted by molar-refractivity contribution is 6.06. The summed E-state index contributed by atoms with van der Waals surface area (Å²) in [5, 5.41) is 0. The molecule has 0 aromatic rings. The molecular formula is C32H56O9. The van der Waals surface area contributed by atoms with E-state index in [4.69, 9.17) is 18.9 Å². The Bertz CT molecular complexity index is 764. The summed E-state index contributed by atoms with van der Waals surface area (Å²) in [4.78, 5) is 63.9. The minimum absolute atomic E-state index is 0.00501. The predicted molar refractivity (Wildman–Crippen MR) is 157 cm³/mol. The van der Waals surface area contributed by atoms with Crippen molar-refractivity contribution >= 4 is 29.7 Å². The van der Waals surface area contributed by atoms with E-state index in [1.54, 1.807) is 6.92 Å². The molecule has 9 nitrogen and oxygen atoms in total. The summed E-state index contributed by atoms with van der Waals surface area (Å²) in [6.45, 7) is 7.75. The van der Waals surface area contributed by atoms with Gasteiger partial charge in [0, 0.05) is 6.42 Å². The molecule has 9 heteroatoms. The highest BCUT2D eigenvalue weighted by Crippen LogP contribution is 2.32. The Balaban J connectivity index is 4.90. The third kappa shape index (κ3) is 16.5. The molecule has 0 fully saturated rings. The van der Waals surface area contributed by atoms with Gasteiger partial charge in [-0.15, -0.1) is 0 Å². The number of unbranched alkanes of at least 4 members (excludes halogenated alkanes) is 14. The lowest BCUT2D eigenvalue weighted by Crippen LogP contribution is -2.57. The molecule has 0 bridgehead atoms. The topological polar surface area (TPSA) is 122 Å². The van der Waals surface area contributed by atoms with E-state index >= 15 is 0 Å². The van der Waals surface area contributed by atoms with Crippen LogP contribution < -0.4 is 0 Å². The van der Waals surface area contributed by atoms with Crippen LogP contribution in [0.15, 0.2) is 0 Å². The van der Waals surface area contributed by atoms with Crippen LogP contribution in [0, 0.1) is 5.92 Å². The number of hydrogen-bond donors (Lipinski definition) is 0. The van der Waals surface area contributed by atoms with Gasteiger partial charge in [0.15, 0.2) is 5.92 Å². The minimum atomic E-state index is -2.51. The SMILES string of the molecule is CCCCCCCCCCCCCCCCCC(=O)OC(CC(=O)OCC)(C(=O)OCC)C(C(C)=O)C(=O)OCC. The molecule has 0 radical (unpaired) electrons. The Morgan fingerprint density at radius 2 is 1.00 bits per heavy atom. The summed E-state index contributed by atoms with van der Waals surface area (Å²) >= 11 is 0. The summed E-state index contributed by atoms with van der Waals surface area (Å²) < 4.78 is 20.6. The van der Waals surface area contributed by atoms with Gasteiger partial charge in [-0.1, -0.05) is 96.8 Å². The Hall–Kier alpha value is -2.45. The lowest BCUT2D eigenvalue weighted by molar-refractivity contribution is -0.199. The molecule has 0 saturated heterocycles. The molecule has 0 aromatic carbocycles. The van der Waals surface area contributed by atoms with Gasteiger partial charge in [-0.25, -0.2) is 4.79 Å². The Kier molecular flexibility index (Phi) is 22.7. The minimum Gasteiger partial charge on any atom is -0.466 e. The lowest BCUT2D eigenvalue weighted by Gasteiger charge is -2.34. The largest absolute Gasteiger partial charge is 0.466 e. The maximum atomic E-state index is 13.1. The average Bonchev–Trinajstić information content (AvgIpc) is 2.91. The van der Waals surface area contributed by atoms with Crippen molar-refractivity contribution < 1.29 is 42.9 Å². The molecule has 0 aliphatic heterocycles. The molecule has 0 aliphatic rings. The highest BCUT2D eigenvalue weighted by atomic mass is 16.6. The first-order valence-electron chi connectivity index (χ1n) is 15.9. The van der Waals surface area contributed by atoms with E-state index in [1.165, 1.54) is 78.1 Å². The first-order valence-corrected chi connectivity index (χ1v) is 15.9. The van der Waals surface area contributed by atoms with Gasteiger partial charge in [0.2, 0.25) is 5.60 Å². The summed E-state index contributed by atoms with van der Waals surface area (Å²) in [6.07, 6.45) is 16.8. The van der Waals surface area contributed by atoms with Gasteiger partial charge in [0.25, 0.3) is 0 Å². The standard InChI is InChI=1S/C32H56O9/c1-6-10-11-12-13-14-15-16-17-18-19-20-21-22-23-24-27(34)41-32(31(37)40-9-4,25-28(35)38-7-2)29(26(5)33)30(36)39-8-3/h29H,6-25H2,1-5H3. The Morgan fingerprint density at radius 3 is 1.41 bits per heavy atom. The van der Waals surface area contributed by atoms with Gasteiger partial charge in [-0.2, -0.15) is 0 Å². The molecule has 238 valence electrons. The maximum Gasteiger partial charge on any atom is 0.352 e. The van der Waals surface area contributed by atoms with E-state index in [1.807, 2.05) is 0 Å². The van der Waals surface area contributed by atoms with Gasteiger partial charge in [-0.3, -0.25) is 19.2 Å². The predicted octanol–water partition coefficient (Wildman–Crippen LogP) is 6.81. The lowest BCUT2D eigenvalue weighted by atomic mass is 9.81. The molecule has 0 aromatic heterocycles. The number of ketones is 1. The van der Waals surface area contributed by atoms with Gasteiger partial charge >= 0.3 is 23.9 Å². The Labute approximate surface area is 247 Å². The number of ether oxygens (including phenoxy) is 4. The van der Waals surface area contributed by atoms with Crippen molar-refractivity contribution in [2.75, 3.05) is 19.8 Å². The molecule has 0 amide bonds. The Morgan fingerprint density at radius 1 is 0.561 bits per heavy atom. The molecule has 0 heterocycles. The molecule has 0 aliphatic carbocycles. The quantitative estimate of drug-likeness (QED) is 0.0466. The molecule has 0 saturated carbocycles. The number of Topliss-reactive ketones (excluding diaryl/α,β-unsaturated/α-hetero) is 1. The molecular weight excluding hydrogens is 528 g/mol. The van der Waals surface area contributed by atoms with Crippen LogP contribution in [0.3, 0.4) is 0 Å². The van der Waals surface area contributed by atoms with Crippen LogP contribution in [0.5, 0.6) is 0 Å². The van der Waals surface area contributed by atoms with Crippen LogP contribution in [-0.2, 0) is 42.9 Å². The first-order chi connectivity index (χ1) is 19.7. The van der Waals surface area contributed by atoms with Crippen molar-refractivity contribution in [3.63, 3.8) is 0 Å². The summed E-state index contributed by atoms with van der Waals surface area (Å²) in [6, 6.07) is 0. The second kappa shape index (κ2) is 24.2. The van der Waals surface area contributed by atoms with Gasteiger partial charge in [-0.05, 0) is 34.1 Å². The van der Waals surface area contributed by atoms with Gasteiger partial charge in [0.1, 0.15) is 5.78 Å². The van der Waals surface area contributed by atoms with Crippen molar-refractivity contribution in [1.29, 1.82) is 0 Å². The van der Waals surface area contributed by atoms with Gasteiger partial charge in [0.05, 0.1) is 26.2 Å². The monoisotopic (exact) mass is 584 g/mol. The number of hydrogen-bond acceptors (Lipinski definition) is 9. The normalized spacial score (nSPS) is 13.1. The van der Waals surface area contributed by atoms with E-state index in [-0.39, 0.29) is 26.2 Å². The number of carbonyl (C=O) groups is 5. The van der Waals surface area contributed by atoms with E-state index in [0.717, 1.165) is 32.6 Å². The van der Waals surface area contributed by atoms with Crippen LogP contribution in [0.2, 0.25) is 0 Å². The second-order valence-corrected chi connectivity index (χ2v) is 10.6. The van der Waals surface area contributed by atoms with Crippen molar-refractivity contribution in [1.82, 2.24) is 0 Å². The number of rotatable bonds is 26. The van der Waals surface area contributed by atoms with E-state index in [0.29, 0.717) is 6.42 Å². The van der Waals surface area contributed by atoms with Crippen molar-refractivity contribution in [3.05, 3.63) is 0 Å². The van der Waals surface area contributed by atoms with Crippen LogP contribution in [0.4, 0.5) is 0 Å². The summed E-state index contributed by atoms with van der Waals surface area (Å²) in [5.41, 5.74) is -2.51. The van der Waals surface area contributed by atoms with Crippen LogP contribution in [0.25, 0.3) is 0 Å². The summed E-state index contributed by atoms with van der Waals surface area (Å²) in [5.74, 6) is -6.59. The number of esters is 4. The van der Waals surface area contributed by atoms with E-state index in [2.05, 4.69) is 6.92 Å². The summed E-state index contributed by atoms with van der Waals surface area (Å²) in [7, 11) is 0. The zero-order chi connectivity index (χ0) is 30.9. The van der Waals surface area contributed by atoms with Crippen molar-refractivity contribution in [2.24, 2.45) is 5.92 Å². The highest BCUT2D eigenvalue weighted by Gasteiger charge is 2.58.